The van der Waals surface area contributed by atoms with Crippen LogP contribution in [0.3, 0.4) is 0 Å². The maximum absolute atomic E-state index is 12.4. The molecule has 0 saturated carbocycles. The molecule has 2 N–H and O–H groups in total. The number of hydrogen-bond donors (Lipinski definition) is 2. The zero-order valence-corrected chi connectivity index (χ0v) is 14.1. The minimum Gasteiger partial charge on any atom is -0.462 e. The highest BCUT2D eigenvalue weighted by atomic mass is 16.5. The Hall–Kier alpha value is -3.00. The van der Waals surface area contributed by atoms with E-state index in [-0.39, 0.29) is 17.9 Å². The fourth-order valence-corrected chi connectivity index (χ4v) is 2.02. The molecule has 0 saturated heterocycles. The molecule has 0 radical (unpaired) electrons. The van der Waals surface area contributed by atoms with Gasteiger partial charge in [-0.2, -0.15) is 0 Å². The van der Waals surface area contributed by atoms with Crippen LogP contribution in [0.15, 0.2) is 36.7 Å². The first-order chi connectivity index (χ1) is 12.2. The van der Waals surface area contributed by atoms with Crippen LogP contribution >= 0.6 is 0 Å². The highest BCUT2D eigenvalue weighted by molar-refractivity contribution is 6.07. The number of anilines is 2. The van der Waals surface area contributed by atoms with Gasteiger partial charge in [-0.25, -0.2) is 14.8 Å². The van der Waals surface area contributed by atoms with E-state index in [0.29, 0.717) is 24.7 Å². The third-order valence-corrected chi connectivity index (χ3v) is 3.18. The van der Waals surface area contributed by atoms with E-state index >= 15 is 0 Å². The number of rotatable bonds is 8. The van der Waals surface area contributed by atoms with Crippen LogP contribution < -0.4 is 10.6 Å². The largest absolute Gasteiger partial charge is 0.462 e. The monoisotopic (exact) mass is 344 g/mol. The number of nitrogens with zero attached hydrogens (tertiary/aromatic N) is 2. The summed E-state index contributed by atoms with van der Waals surface area (Å²) in [5.41, 5.74) is 0.817. The molecule has 1 aromatic carbocycles. The predicted octanol–water partition coefficient (Wildman–Crippen LogP) is 1.96. The molecule has 8 heteroatoms. The molecular formula is C17H20N4O4. The molecule has 2 aromatic rings. The Labute approximate surface area is 145 Å². The first-order valence-electron chi connectivity index (χ1n) is 7.78. The van der Waals surface area contributed by atoms with Gasteiger partial charge in [0.15, 0.2) is 0 Å². The van der Waals surface area contributed by atoms with Crippen molar-refractivity contribution in [1.29, 1.82) is 0 Å². The minimum atomic E-state index is -0.497. The molecule has 0 unspecified atom stereocenters. The summed E-state index contributed by atoms with van der Waals surface area (Å²) in [6.07, 6.45) is 1.29. The molecule has 1 amide bonds. The molecule has 0 atom stereocenters. The third kappa shape index (κ3) is 5.25. The SMILES string of the molecule is CCOC(=O)c1ccccc1NC(=O)c1cc(NCCOC)ncn1. The molecule has 132 valence electrons. The van der Waals surface area contributed by atoms with Gasteiger partial charge in [0.1, 0.15) is 17.8 Å². The van der Waals surface area contributed by atoms with Crippen molar-refractivity contribution in [3.8, 4) is 0 Å². The van der Waals surface area contributed by atoms with Crippen molar-refractivity contribution in [3.05, 3.63) is 47.9 Å². The fraction of sp³-hybridized carbons (Fsp3) is 0.294. The van der Waals surface area contributed by atoms with Crippen molar-refractivity contribution in [1.82, 2.24) is 9.97 Å². The van der Waals surface area contributed by atoms with Crippen molar-refractivity contribution in [2.45, 2.75) is 6.92 Å². The molecule has 0 aliphatic rings. The Balaban J connectivity index is 2.12. The number of nitrogens with one attached hydrogen (secondary N) is 2. The molecule has 0 spiro atoms. The summed E-state index contributed by atoms with van der Waals surface area (Å²) in [6, 6.07) is 8.16. The number of carbonyl (C=O) groups is 2. The van der Waals surface area contributed by atoms with E-state index in [0.717, 1.165) is 0 Å². The standard InChI is InChI=1S/C17H20N4O4/c1-3-25-17(23)12-6-4-5-7-13(12)21-16(22)14-10-15(20-11-19-14)18-8-9-24-2/h4-7,10-11H,3,8-9H2,1-2H3,(H,21,22)(H,18,19,20). The highest BCUT2D eigenvalue weighted by Gasteiger charge is 2.16. The number of esters is 1. The Morgan fingerprint density at radius 2 is 2.00 bits per heavy atom. The van der Waals surface area contributed by atoms with Crippen molar-refractivity contribution in [3.63, 3.8) is 0 Å². The quantitative estimate of drug-likeness (QED) is 0.557. The van der Waals surface area contributed by atoms with Gasteiger partial charge >= 0.3 is 5.97 Å². The maximum Gasteiger partial charge on any atom is 0.340 e. The number of hydrogen-bond acceptors (Lipinski definition) is 7. The highest BCUT2D eigenvalue weighted by Crippen LogP contribution is 2.17. The summed E-state index contributed by atoms with van der Waals surface area (Å²) >= 11 is 0. The van der Waals surface area contributed by atoms with Gasteiger partial charge in [-0.1, -0.05) is 12.1 Å². The first-order valence-corrected chi connectivity index (χ1v) is 7.78. The van der Waals surface area contributed by atoms with E-state index < -0.39 is 11.9 Å². The van der Waals surface area contributed by atoms with E-state index in [1.165, 1.54) is 12.4 Å². The van der Waals surface area contributed by atoms with Crippen LogP contribution in [-0.2, 0) is 9.47 Å². The Bertz CT molecular complexity index is 736. The molecule has 0 bridgehead atoms. The lowest BCUT2D eigenvalue weighted by Gasteiger charge is -2.10. The smallest absolute Gasteiger partial charge is 0.340 e. The zero-order valence-electron chi connectivity index (χ0n) is 14.1. The molecule has 8 nitrogen and oxygen atoms in total. The van der Waals surface area contributed by atoms with E-state index in [1.807, 2.05) is 0 Å². The van der Waals surface area contributed by atoms with Gasteiger partial charge in [0.2, 0.25) is 0 Å². The number of para-hydroxylation sites is 1. The van der Waals surface area contributed by atoms with E-state index in [9.17, 15) is 9.59 Å². The Morgan fingerprint density at radius 3 is 2.76 bits per heavy atom. The molecular weight excluding hydrogens is 324 g/mol. The van der Waals surface area contributed by atoms with Gasteiger partial charge < -0.3 is 20.1 Å². The predicted molar refractivity (Wildman–Crippen MR) is 92.7 cm³/mol. The molecule has 0 fully saturated rings. The van der Waals surface area contributed by atoms with Gasteiger partial charge in [-0.3, -0.25) is 4.79 Å². The van der Waals surface area contributed by atoms with Crippen LogP contribution in [0, 0.1) is 0 Å². The Morgan fingerprint density at radius 1 is 1.20 bits per heavy atom. The van der Waals surface area contributed by atoms with Gasteiger partial charge in [-0.15, -0.1) is 0 Å². The number of ether oxygens (including phenoxy) is 2. The molecule has 2 rings (SSSR count). The van der Waals surface area contributed by atoms with E-state index in [1.54, 1.807) is 38.3 Å². The number of carbonyl (C=O) groups excluding carboxylic acids is 2. The minimum absolute atomic E-state index is 0.175. The van der Waals surface area contributed by atoms with Crippen LogP contribution in [0.4, 0.5) is 11.5 Å². The molecule has 0 aliphatic heterocycles. The lowest BCUT2D eigenvalue weighted by molar-refractivity contribution is 0.0527. The normalized spacial score (nSPS) is 10.2. The summed E-state index contributed by atoms with van der Waals surface area (Å²) in [4.78, 5) is 32.4. The summed E-state index contributed by atoms with van der Waals surface area (Å²) in [6.45, 7) is 3.04. The lowest BCUT2D eigenvalue weighted by Crippen LogP contribution is -2.18. The van der Waals surface area contributed by atoms with Gasteiger partial charge in [0, 0.05) is 19.7 Å². The number of methoxy groups -OCH3 is 1. The fourth-order valence-electron chi connectivity index (χ4n) is 2.02. The van der Waals surface area contributed by atoms with Crippen molar-refractivity contribution in [2.24, 2.45) is 0 Å². The maximum atomic E-state index is 12.4. The zero-order chi connectivity index (χ0) is 18.1. The average Bonchev–Trinajstić information content (AvgIpc) is 2.63. The van der Waals surface area contributed by atoms with E-state index in [4.69, 9.17) is 9.47 Å². The lowest BCUT2D eigenvalue weighted by atomic mass is 10.1. The summed E-state index contributed by atoms with van der Waals surface area (Å²) < 4.78 is 9.94. The third-order valence-electron chi connectivity index (χ3n) is 3.18. The summed E-state index contributed by atoms with van der Waals surface area (Å²) in [7, 11) is 1.60. The van der Waals surface area contributed by atoms with Crippen molar-refractivity contribution < 1.29 is 19.1 Å². The van der Waals surface area contributed by atoms with Gasteiger partial charge in [0.25, 0.3) is 5.91 Å². The second kappa shape index (κ2) is 9.33. The molecule has 1 heterocycles. The second-order valence-corrected chi connectivity index (χ2v) is 4.93. The topological polar surface area (TPSA) is 102 Å². The van der Waals surface area contributed by atoms with Crippen LogP contribution in [0.2, 0.25) is 0 Å². The molecule has 1 aromatic heterocycles. The van der Waals surface area contributed by atoms with Gasteiger partial charge in [0.05, 0.1) is 24.5 Å². The van der Waals surface area contributed by atoms with Crippen molar-refractivity contribution >= 4 is 23.4 Å². The average molecular weight is 344 g/mol. The number of aromatic nitrogens is 2. The summed E-state index contributed by atoms with van der Waals surface area (Å²) in [5.74, 6) is -0.437. The van der Waals surface area contributed by atoms with Crippen LogP contribution in [0.1, 0.15) is 27.8 Å². The van der Waals surface area contributed by atoms with Gasteiger partial charge in [-0.05, 0) is 19.1 Å². The van der Waals surface area contributed by atoms with Crippen molar-refractivity contribution in [2.75, 3.05) is 37.5 Å². The first kappa shape index (κ1) is 18.3. The second-order valence-electron chi connectivity index (χ2n) is 4.93. The summed E-state index contributed by atoms with van der Waals surface area (Å²) in [5, 5.41) is 5.70. The molecule has 0 aliphatic carbocycles. The molecule has 25 heavy (non-hydrogen) atoms. The van der Waals surface area contributed by atoms with Crippen LogP contribution in [-0.4, -0.2) is 48.7 Å². The Kier molecular flexibility index (Phi) is 6.85. The van der Waals surface area contributed by atoms with Crippen LogP contribution in [0.25, 0.3) is 0 Å². The number of amides is 1. The van der Waals surface area contributed by atoms with Crippen LogP contribution in [0.5, 0.6) is 0 Å². The number of benzene rings is 1. The van der Waals surface area contributed by atoms with E-state index in [2.05, 4.69) is 20.6 Å².